The molecule has 2 rings (SSSR count). The third kappa shape index (κ3) is 5.15. The molecule has 1 aliphatic carbocycles. The van der Waals surface area contributed by atoms with E-state index in [1.165, 1.54) is 11.1 Å². The zero-order valence-electron chi connectivity index (χ0n) is 18.5. The fourth-order valence-electron chi connectivity index (χ4n) is 5.03. The number of ketones is 1. The van der Waals surface area contributed by atoms with E-state index in [4.69, 9.17) is 4.43 Å². The summed E-state index contributed by atoms with van der Waals surface area (Å²) in [5.41, 5.74) is 4.94. The summed E-state index contributed by atoms with van der Waals surface area (Å²) in [6.07, 6.45) is 3.32. The number of Topliss-reactive ketones (excluding diaryl/α,β-unsaturated/α-hetero) is 1. The normalized spacial score (nSPS) is 15.5. The molecule has 1 N–H and O–H groups in total. The van der Waals surface area contributed by atoms with Crippen LogP contribution in [0.2, 0.25) is 16.6 Å². The van der Waals surface area contributed by atoms with Gasteiger partial charge in [-0.1, -0.05) is 65.8 Å². The second-order valence-corrected chi connectivity index (χ2v) is 14.5. The maximum absolute atomic E-state index is 11.8. The molecule has 0 heterocycles. The largest absolute Gasteiger partial charge is 0.512 e. The van der Waals surface area contributed by atoms with Crippen molar-refractivity contribution in [2.24, 2.45) is 0 Å². The molecule has 156 valence electrons. The summed E-state index contributed by atoms with van der Waals surface area (Å²) >= 11 is 0. The average molecular weight is 403 g/mol. The van der Waals surface area contributed by atoms with Crippen LogP contribution in [0, 0.1) is 0 Å². The van der Waals surface area contributed by atoms with Gasteiger partial charge >= 0.3 is 0 Å². The fourth-order valence-corrected chi connectivity index (χ4v) is 10.5. The number of aryl methyl sites for hydroxylation is 1. The highest BCUT2D eigenvalue weighted by atomic mass is 28.4. The van der Waals surface area contributed by atoms with Crippen LogP contribution in [0.3, 0.4) is 0 Å². The van der Waals surface area contributed by atoms with E-state index in [0.717, 1.165) is 19.4 Å². The van der Waals surface area contributed by atoms with Gasteiger partial charge in [-0.25, -0.2) is 0 Å². The van der Waals surface area contributed by atoms with Gasteiger partial charge in [0.25, 0.3) is 0 Å². The first-order valence-corrected chi connectivity index (χ1v) is 13.0. The Kier molecular flexibility index (Phi) is 8.08. The average Bonchev–Trinajstić information content (AvgIpc) is 2.94. The van der Waals surface area contributed by atoms with E-state index >= 15 is 0 Å². The van der Waals surface area contributed by atoms with Crippen LogP contribution in [-0.2, 0) is 22.1 Å². The molecule has 3 nitrogen and oxygen atoms in total. The lowest BCUT2D eigenvalue weighted by atomic mass is 10.0. The Morgan fingerprint density at radius 2 is 1.50 bits per heavy atom. The Hall–Kier alpha value is -1.39. The van der Waals surface area contributed by atoms with Gasteiger partial charge < -0.3 is 9.53 Å². The molecule has 0 fully saturated rings. The van der Waals surface area contributed by atoms with E-state index in [2.05, 4.69) is 65.8 Å². The SMILES string of the molecule is CC(C)[Si](OCCc1cccc(CCC2=C(O)CCC2=O)c1)(C(C)C)C(C)C. The third-order valence-corrected chi connectivity index (χ3v) is 12.5. The number of aliphatic hydroxyl groups is 1. The Morgan fingerprint density at radius 1 is 0.929 bits per heavy atom. The van der Waals surface area contributed by atoms with Crippen LogP contribution in [-0.4, -0.2) is 25.8 Å². The maximum Gasteiger partial charge on any atom is 0.200 e. The number of carbonyl (C=O) groups excluding carboxylic acids is 1. The van der Waals surface area contributed by atoms with E-state index in [0.29, 0.717) is 47.2 Å². The van der Waals surface area contributed by atoms with Crippen LogP contribution in [0.1, 0.15) is 71.9 Å². The predicted molar refractivity (Wildman–Crippen MR) is 119 cm³/mol. The standard InChI is InChI=1S/C24H38O3Si/c1-17(2)28(18(3)4,19(5)6)27-15-14-21-9-7-8-20(16-21)10-11-22-23(25)12-13-24(22)26/h7-9,16-19,25H,10-15H2,1-6H3. The van der Waals surface area contributed by atoms with E-state index < -0.39 is 8.32 Å². The van der Waals surface area contributed by atoms with Crippen molar-refractivity contribution in [3.63, 3.8) is 0 Å². The lowest BCUT2D eigenvalue weighted by molar-refractivity contribution is -0.115. The van der Waals surface area contributed by atoms with E-state index in [1.54, 1.807) is 0 Å². The van der Waals surface area contributed by atoms with Gasteiger partial charge in [0.1, 0.15) is 0 Å². The molecule has 1 aromatic rings. The molecular formula is C24H38O3Si. The molecule has 0 saturated carbocycles. The van der Waals surface area contributed by atoms with E-state index in [-0.39, 0.29) is 5.78 Å². The Bertz CT molecular complexity index is 682. The van der Waals surface area contributed by atoms with Crippen molar-refractivity contribution in [1.82, 2.24) is 0 Å². The quantitative estimate of drug-likeness (QED) is 0.453. The molecule has 0 aromatic heterocycles. The monoisotopic (exact) mass is 402 g/mol. The number of carbonyl (C=O) groups is 1. The molecule has 28 heavy (non-hydrogen) atoms. The minimum absolute atomic E-state index is 0.111. The zero-order valence-corrected chi connectivity index (χ0v) is 19.5. The summed E-state index contributed by atoms with van der Waals surface area (Å²) in [6, 6.07) is 8.58. The van der Waals surface area contributed by atoms with Crippen LogP contribution >= 0.6 is 0 Å². The number of benzene rings is 1. The van der Waals surface area contributed by atoms with Gasteiger partial charge in [0.2, 0.25) is 0 Å². The lowest BCUT2D eigenvalue weighted by Gasteiger charge is -2.42. The van der Waals surface area contributed by atoms with Gasteiger partial charge in [-0.3, -0.25) is 4.79 Å². The highest BCUT2D eigenvalue weighted by Gasteiger charge is 2.44. The first kappa shape index (κ1) is 22.9. The molecule has 0 spiro atoms. The molecular weight excluding hydrogens is 364 g/mol. The smallest absolute Gasteiger partial charge is 0.200 e. The molecule has 4 heteroatoms. The Balaban J connectivity index is 1.97. The maximum atomic E-state index is 11.8. The number of hydrogen-bond donors (Lipinski definition) is 1. The van der Waals surface area contributed by atoms with Crippen LogP contribution in [0.4, 0.5) is 0 Å². The second kappa shape index (κ2) is 9.88. The van der Waals surface area contributed by atoms with Crippen molar-refractivity contribution in [3.8, 4) is 0 Å². The van der Waals surface area contributed by atoms with Crippen LogP contribution in [0.5, 0.6) is 0 Å². The van der Waals surface area contributed by atoms with Gasteiger partial charge in [0, 0.05) is 25.0 Å². The number of aliphatic hydroxyl groups excluding tert-OH is 1. The molecule has 0 bridgehead atoms. The van der Waals surface area contributed by atoms with Crippen LogP contribution in [0.15, 0.2) is 35.6 Å². The molecule has 0 saturated heterocycles. The minimum Gasteiger partial charge on any atom is -0.512 e. The van der Waals surface area contributed by atoms with Gasteiger partial charge in [0.05, 0.1) is 5.76 Å². The first-order valence-electron chi connectivity index (χ1n) is 10.8. The molecule has 1 aliphatic rings. The van der Waals surface area contributed by atoms with E-state index in [1.807, 2.05) is 0 Å². The third-order valence-electron chi connectivity index (χ3n) is 6.38. The van der Waals surface area contributed by atoms with Crippen molar-refractivity contribution in [3.05, 3.63) is 46.7 Å². The minimum atomic E-state index is -1.81. The van der Waals surface area contributed by atoms with Gasteiger partial charge in [-0.2, -0.15) is 0 Å². The van der Waals surface area contributed by atoms with Crippen molar-refractivity contribution in [1.29, 1.82) is 0 Å². The van der Waals surface area contributed by atoms with E-state index in [9.17, 15) is 9.90 Å². The molecule has 0 amide bonds. The fraction of sp³-hybridized carbons (Fsp3) is 0.625. The van der Waals surface area contributed by atoms with Crippen molar-refractivity contribution < 1.29 is 14.3 Å². The molecule has 0 atom stereocenters. The molecule has 0 unspecified atom stereocenters. The molecule has 1 aromatic carbocycles. The van der Waals surface area contributed by atoms with Crippen LogP contribution < -0.4 is 0 Å². The summed E-state index contributed by atoms with van der Waals surface area (Å²) in [7, 11) is -1.81. The lowest BCUT2D eigenvalue weighted by Crippen LogP contribution is -2.48. The van der Waals surface area contributed by atoms with Gasteiger partial charge in [-0.05, 0) is 47.0 Å². The number of hydrogen-bond acceptors (Lipinski definition) is 3. The highest BCUT2D eigenvalue weighted by Crippen LogP contribution is 2.42. The molecule has 0 radical (unpaired) electrons. The summed E-state index contributed by atoms with van der Waals surface area (Å²) in [4.78, 5) is 11.8. The Labute approximate surface area is 172 Å². The first-order chi connectivity index (χ1) is 13.2. The van der Waals surface area contributed by atoms with Crippen molar-refractivity contribution >= 4 is 14.1 Å². The zero-order chi connectivity index (χ0) is 20.9. The number of allylic oxidation sites excluding steroid dienone is 2. The highest BCUT2D eigenvalue weighted by molar-refractivity contribution is 6.77. The van der Waals surface area contributed by atoms with Crippen LogP contribution in [0.25, 0.3) is 0 Å². The van der Waals surface area contributed by atoms with Crippen molar-refractivity contribution in [2.75, 3.05) is 6.61 Å². The Morgan fingerprint density at radius 3 is 2.00 bits per heavy atom. The molecule has 0 aliphatic heterocycles. The van der Waals surface area contributed by atoms with Gasteiger partial charge in [-0.15, -0.1) is 0 Å². The predicted octanol–water partition coefficient (Wildman–Crippen LogP) is 6.53. The van der Waals surface area contributed by atoms with Crippen molar-refractivity contribution in [2.45, 2.75) is 90.3 Å². The topological polar surface area (TPSA) is 46.5 Å². The van der Waals surface area contributed by atoms with Gasteiger partial charge in [0.15, 0.2) is 14.1 Å². The summed E-state index contributed by atoms with van der Waals surface area (Å²) in [6.45, 7) is 14.7. The summed E-state index contributed by atoms with van der Waals surface area (Å²) in [5, 5.41) is 9.86. The second-order valence-electron chi connectivity index (χ2n) is 9.08. The number of rotatable bonds is 10. The summed E-state index contributed by atoms with van der Waals surface area (Å²) in [5.74, 6) is 0.409. The summed E-state index contributed by atoms with van der Waals surface area (Å²) < 4.78 is 6.68.